The van der Waals surface area contributed by atoms with Crippen LogP contribution >= 0.6 is 0 Å². The monoisotopic (exact) mass is 509 g/mol. The molecule has 198 valence electrons. The number of ketones is 1. The molecule has 2 heterocycles. The number of benzene rings is 1. The zero-order valence-corrected chi connectivity index (χ0v) is 21.8. The van der Waals surface area contributed by atoms with Gasteiger partial charge in [-0.3, -0.25) is 9.59 Å². The molecule has 0 bridgehead atoms. The van der Waals surface area contributed by atoms with E-state index in [1.54, 1.807) is 51.1 Å². The maximum Gasteiger partial charge on any atom is 0.407 e. The van der Waals surface area contributed by atoms with Gasteiger partial charge in [0, 0.05) is 49.6 Å². The first-order valence-corrected chi connectivity index (χ1v) is 12.3. The number of rotatable bonds is 9. The highest BCUT2D eigenvalue weighted by Crippen LogP contribution is 2.14. The summed E-state index contributed by atoms with van der Waals surface area (Å²) in [4.78, 5) is 41.9. The van der Waals surface area contributed by atoms with Crippen molar-refractivity contribution in [2.24, 2.45) is 7.05 Å². The highest BCUT2D eigenvalue weighted by Gasteiger charge is 2.16. The van der Waals surface area contributed by atoms with Crippen LogP contribution in [0.4, 0.5) is 4.79 Å². The number of hydrogen-bond donors (Lipinski definition) is 2. The number of hydrogen-bond acceptors (Lipinski definition) is 6. The van der Waals surface area contributed by atoms with Gasteiger partial charge in [-0.1, -0.05) is 18.2 Å². The fraction of sp³-hybridized carbons (Fsp3) is 0.393. The number of carbonyl (C=O) groups is 3. The SMILES string of the molecule is Cn1c(/C=C/C(=O)NOC2CCCCO2)ccc1/C=C/C(=O)c1cccc(CNC(=O)OC(C)(C)C)c1. The zero-order valence-electron chi connectivity index (χ0n) is 21.8. The van der Waals surface area contributed by atoms with Crippen molar-refractivity contribution in [1.82, 2.24) is 15.4 Å². The molecular formula is C28H35N3O6. The first-order valence-electron chi connectivity index (χ1n) is 12.3. The van der Waals surface area contributed by atoms with Gasteiger partial charge < -0.3 is 19.4 Å². The van der Waals surface area contributed by atoms with E-state index in [-0.39, 0.29) is 18.2 Å². The summed E-state index contributed by atoms with van der Waals surface area (Å²) in [5, 5.41) is 2.69. The molecule has 2 N–H and O–H groups in total. The minimum Gasteiger partial charge on any atom is -0.444 e. The van der Waals surface area contributed by atoms with Gasteiger partial charge in [-0.15, -0.1) is 0 Å². The number of amides is 2. The third-order valence-electron chi connectivity index (χ3n) is 5.49. The molecule has 37 heavy (non-hydrogen) atoms. The Bertz CT molecular complexity index is 1150. The molecule has 1 saturated heterocycles. The van der Waals surface area contributed by atoms with Gasteiger partial charge in [0.15, 0.2) is 12.1 Å². The Balaban J connectivity index is 1.53. The Kier molecular flexibility index (Phi) is 9.82. The maximum absolute atomic E-state index is 12.7. The van der Waals surface area contributed by atoms with E-state index in [0.717, 1.165) is 36.2 Å². The van der Waals surface area contributed by atoms with Crippen LogP contribution in [0.3, 0.4) is 0 Å². The average Bonchev–Trinajstić information content (AvgIpc) is 3.22. The van der Waals surface area contributed by atoms with Crippen molar-refractivity contribution in [2.45, 2.75) is 58.5 Å². The van der Waals surface area contributed by atoms with Gasteiger partial charge in [-0.05, 0) is 75.6 Å². The lowest BCUT2D eigenvalue weighted by molar-refractivity contribution is -0.198. The normalized spacial score (nSPS) is 16.2. The molecule has 1 aliphatic heterocycles. The second-order valence-corrected chi connectivity index (χ2v) is 9.71. The van der Waals surface area contributed by atoms with E-state index in [2.05, 4.69) is 10.8 Å². The Morgan fingerprint density at radius 1 is 1.08 bits per heavy atom. The van der Waals surface area contributed by atoms with E-state index in [1.807, 2.05) is 29.8 Å². The van der Waals surface area contributed by atoms with Crippen molar-refractivity contribution >= 4 is 29.9 Å². The Morgan fingerprint density at radius 3 is 2.49 bits per heavy atom. The van der Waals surface area contributed by atoms with Crippen LogP contribution in [0.5, 0.6) is 0 Å². The summed E-state index contributed by atoms with van der Waals surface area (Å²) < 4.78 is 12.5. The predicted octanol–water partition coefficient (Wildman–Crippen LogP) is 4.53. The molecule has 2 aromatic rings. The van der Waals surface area contributed by atoms with Gasteiger partial charge in [-0.2, -0.15) is 0 Å². The number of aromatic nitrogens is 1. The predicted molar refractivity (Wildman–Crippen MR) is 140 cm³/mol. The van der Waals surface area contributed by atoms with Crippen LogP contribution < -0.4 is 10.8 Å². The summed E-state index contributed by atoms with van der Waals surface area (Å²) in [5.41, 5.74) is 4.68. The Morgan fingerprint density at radius 2 is 1.81 bits per heavy atom. The highest BCUT2D eigenvalue weighted by molar-refractivity contribution is 6.06. The van der Waals surface area contributed by atoms with Crippen molar-refractivity contribution in [3.8, 4) is 0 Å². The summed E-state index contributed by atoms with van der Waals surface area (Å²) in [5.74, 6) is -0.553. The number of alkyl carbamates (subject to hydrolysis) is 1. The maximum atomic E-state index is 12.7. The van der Waals surface area contributed by atoms with Crippen LogP contribution in [0.2, 0.25) is 0 Å². The lowest BCUT2D eigenvalue weighted by atomic mass is 10.1. The van der Waals surface area contributed by atoms with Gasteiger partial charge in [-0.25, -0.2) is 15.1 Å². The van der Waals surface area contributed by atoms with Crippen LogP contribution in [0, 0.1) is 0 Å². The lowest BCUT2D eigenvalue weighted by Gasteiger charge is -2.21. The minimum atomic E-state index is -0.579. The van der Waals surface area contributed by atoms with E-state index < -0.39 is 18.0 Å². The van der Waals surface area contributed by atoms with E-state index in [0.29, 0.717) is 12.2 Å². The fourth-order valence-electron chi connectivity index (χ4n) is 3.58. The molecule has 9 nitrogen and oxygen atoms in total. The number of ether oxygens (including phenoxy) is 2. The topological polar surface area (TPSA) is 108 Å². The number of allylic oxidation sites excluding steroid dienone is 1. The van der Waals surface area contributed by atoms with Gasteiger partial charge in [0.1, 0.15) is 5.60 Å². The average molecular weight is 510 g/mol. The molecule has 1 unspecified atom stereocenters. The third kappa shape index (κ3) is 9.36. The number of hydroxylamine groups is 1. The summed E-state index contributed by atoms with van der Waals surface area (Å²) in [7, 11) is 1.84. The van der Waals surface area contributed by atoms with E-state index in [9.17, 15) is 14.4 Å². The highest BCUT2D eigenvalue weighted by atomic mass is 16.8. The first-order chi connectivity index (χ1) is 17.6. The molecule has 3 rings (SSSR count). The van der Waals surface area contributed by atoms with Crippen molar-refractivity contribution in [2.75, 3.05) is 6.61 Å². The molecule has 0 aliphatic carbocycles. The summed E-state index contributed by atoms with van der Waals surface area (Å²) >= 11 is 0. The second kappa shape index (κ2) is 13.0. The Labute approximate surface area is 217 Å². The van der Waals surface area contributed by atoms with Gasteiger partial charge in [0.25, 0.3) is 5.91 Å². The fourth-order valence-corrected chi connectivity index (χ4v) is 3.58. The van der Waals surface area contributed by atoms with Crippen molar-refractivity contribution < 1.29 is 28.7 Å². The van der Waals surface area contributed by atoms with Crippen LogP contribution in [0.1, 0.15) is 67.3 Å². The first kappa shape index (κ1) is 27.9. The molecule has 1 aromatic heterocycles. The summed E-state index contributed by atoms with van der Waals surface area (Å²) in [6.07, 6.45) is 8.11. The van der Waals surface area contributed by atoms with Gasteiger partial charge >= 0.3 is 6.09 Å². The molecular weight excluding hydrogens is 474 g/mol. The van der Waals surface area contributed by atoms with Crippen molar-refractivity contribution in [1.29, 1.82) is 0 Å². The zero-order chi connectivity index (χ0) is 26.8. The van der Waals surface area contributed by atoms with E-state index in [1.165, 1.54) is 12.2 Å². The van der Waals surface area contributed by atoms with E-state index >= 15 is 0 Å². The largest absolute Gasteiger partial charge is 0.444 e. The van der Waals surface area contributed by atoms with Crippen LogP contribution in [0.25, 0.3) is 12.2 Å². The van der Waals surface area contributed by atoms with Gasteiger partial charge in [0.2, 0.25) is 0 Å². The molecule has 2 amide bonds. The smallest absolute Gasteiger partial charge is 0.407 e. The molecule has 1 atom stereocenters. The molecule has 0 saturated carbocycles. The van der Waals surface area contributed by atoms with Crippen molar-refractivity contribution in [3.05, 3.63) is 71.1 Å². The summed E-state index contributed by atoms with van der Waals surface area (Å²) in [6, 6.07) is 10.8. The summed E-state index contributed by atoms with van der Waals surface area (Å²) in [6.45, 7) is 6.27. The molecule has 1 aromatic carbocycles. The number of nitrogens with zero attached hydrogens (tertiary/aromatic N) is 1. The lowest BCUT2D eigenvalue weighted by Crippen LogP contribution is -2.32. The van der Waals surface area contributed by atoms with E-state index in [4.69, 9.17) is 14.3 Å². The molecule has 0 spiro atoms. The van der Waals surface area contributed by atoms with Crippen LogP contribution in [-0.4, -0.2) is 40.8 Å². The standard InChI is InChI=1S/C28H35N3O6/c1-28(2,3)36-27(34)29-19-20-8-7-9-21(18-20)24(32)15-13-22-11-12-23(31(22)4)14-16-25(33)30-37-26-10-5-6-17-35-26/h7-9,11-16,18,26H,5-6,10,17,19H2,1-4H3,(H,29,34)(H,30,33)/b15-13+,16-14+. The van der Waals surface area contributed by atoms with Crippen LogP contribution in [-0.2, 0) is 32.7 Å². The Hall–Kier alpha value is -3.69. The number of nitrogens with one attached hydrogen (secondary N) is 2. The van der Waals surface area contributed by atoms with Gasteiger partial charge in [0.05, 0.1) is 0 Å². The molecule has 9 heteroatoms. The quantitative estimate of drug-likeness (QED) is 0.292. The van der Waals surface area contributed by atoms with Crippen LogP contribution in [0.15, 0.2) is 48.6 Å². The second-order valence-electron chi connectivity index (χ2n) is 9.71. The van der Waals surface area contributed by atoms with Crippen molar-refractivity contribution in [3.63, 3.8) is 0 Å². The molecule has 1 fully saturated rings. The molecule has 1 aliphatic rings. The molecule has 0 radical (unpaired) electrons. The third-order valence-corrected chi connectivity index (χ3v) is 5.49. The number of carbonyl (C=O) groups excluding carboxylic acids is 3. The minimum absolute atomic E-state index is 0.168.